The Kier molecular flexibility index (Phi) is 9.82. The number of benzene rings is 5. The minimum Gasteiger partial charge on any atom is -0.497 e. The van der Waals surface area contributed by atoms with Crippen molar-refractivity contribution in [1.29, 1.82) is 0 Å². The van der Waals surface area contributed by atoms with E-state index in [1.165, 1.54) is 11.3 Å². The van der Waals surface area contributed by atoms with E-state index in [0.717, 1.165) is 43.8 Å². The summed E-state index contributed by atoms with van der Waals surface area (Å²) in [5.74, 6) is 0.0685. The Morgan fingerprint density at radius 3 is 2.11 bits per heavy atom. The average molecular weight is 793 g/mol. The number of ether oxygens (including phenoxy) is 2. The van der Waals surface area contributed by atoms with Crippen LogP contribution in [-0.2, 0) is 9.53 Å². The maximum Gasteiger partial charge on any atom is 0.338 e. The van der Waals surface area contributed by atoms with Crippen LogP contribution in [0.3, 0.4) is 0 Å². The van der Waals surface area contributed by atoms with Gasteiger partial charge in [-0.25, -0.2) is 9.79 Å². The molecule has 5 aromatic carbocycles. The summed E-state index contributed by atoms with van der Waals surface area (Å²) in [5, 5.41) is 0. The summed E-state index contributed by atoms with van der Waals surface area (Å²) in [5.41, 5.74) is 7.70. The molecule has 0 N–H and O–H groups in total. The molecule has 7 aromatic rings. The van der Waals surface area contributed by atoms with E-state index in [0.29, 0.717) is 26.3 Å². The number of fused-ring (bicyclic) bond motifs is 1. The molecular formula is C45H34BrN3O4S. The molecule has 7 nitrogen and oxygen atoms in total. The number of carbonyl (C=O) groups excluding carboxylic acids is 1. The fourth-order valence-electron chi connectivity index (χ4n) is 6.92. The van der Waals surface area contributed by atoms with E-state index < -0.39 is 12.0 Å². The first-order valence-corrected chi connectivity index (χ1v) is 19.1. The van der Waals surface area contributed by atoms with Gasteiger partial charge in [0.1, 0.15) is 5.75 Å². The van der Waals surface area contributed by atoms with E-state index >= 15 is 0 Å². The zero-order valence-corrected chi connectivity index (χ0v) is 31.9. The number of nitrogens with zero attached hydrogens (tertiary/aromatic N) is 3. The lowest BCUT2D eigenvalue weighted by Crippen LogP contribution is -2.40. The van der Waals surface area contributed by atoms with Crippen molar-refractivity contribution < 1.29 is 14.3 Å². The van der Waals surface area contributed by atoms with Gasteiger partial charge in [0.25, 0.3) is 5.56 Å². The van der Waals surface area contributed by atoms with Crippen molar-refractivity contribution in [2.24, 2.45) is 4.99 Å². The van der Waals surface area contributed by atoms with Gasteiger partial charge in [-0.1, -0.05) is 130 Å². The van der Waals surface area contributed by atoms with Crippen molar-refractivity contribution in [3.8, 4) is 34.0 Å². The molecule has 0 saturated heterocycles. The molecule has 3 heterocycles. The zero-order valence-electron chi connectivity index (χ0n) is 29.5. The number of aromatic nitrogens is 2. The molecule has 0 saturated carbocycles. The standard InChI is InChI=1S/C45H34BrN3O4S/c1-3-53-44(51)39-40(30-16-9-5-10-17-30)47-45-49(42(39)32-20-13-21-36(26-32)52-2)43(50)38(54-45)28-33-27-37(29-14-7-4-8-15-29)48(35-24-22-34(46)23-25-35)41(33)31-18-11-6-12-19-31/h4-28,42H,3H2,1-2H3/b38-28-/t42-/m1/s1. The lowest BCUT2D eigenvalue weighted by atomic mass is 9.93. The van der Waals surface area contributed by atoms with Crippen molar-refractivity contribution in [1.82, 2.24) is 9.13 Å². The van der Waals surface area contributed by atoms with Crippen LogP contribution in [0.2, 0.25) is 0 Å². The third-order valence-electron chi connectivity index (χ3n) is 9.30. The minimum absolute atomic E-state index is 0.168. The van der Waals surface area contributed by atoms with Crippen LogP contribution < -0.4 is 19.6 Å². The molecule has 1 aliphatic heterocycles. The Hall–Kier alpha value is -6.03. The highest BCUT2D eigenvalue weighted by Gasteiger charge is 2.35. The van der Waals surface area contributed by atoms with Crippen molar-refractivity contribution in [3.05, 3.63) is 192 Å². The molecule has 2 aromatic heterocycles. The molecule has 0 amide bonds. The van der Waals surface area contributed by atoms with Gasteiger partial charge in [-0.15, -0.1) is 0 Å². The van der Waals surface area contributed by atoms with Crippen LogP contribution in [0.1, 0.15) is 29.7 Å². The van der Waals surface area contributed by atoms with Crippen molar-refractivity contribution in [2.45, 2.75) is 13.0 Å². The Morgan fingerprint density at radius 1 is 0.815 bits per heavy atom. The Bertz CT molecular complexity index is 2700. The second-order valence-electron chi connectivity index (χ2n) is 12.6. The fourth-order valence-corrected chi connectivity index (χ4v) is 8.18. The van der Waals surface area contributed by atoms with Gasteiger partial charge in [-0.3, -0.25) is 9.36 Å². The zero-order chi connectivity index (χ0) is 37.2. The first-order valence-electron chi connectivity index (χ1n) is 17.5. The molecule has 266 valence electrons. The molecule has 0 fully saturated rings. The maximum atomic E-state index is 14.9. The average Bonchev–Trinajstić information content (AvgIpc) is 3.75. The summed E-state index contributed by atoms with van der Waals surface area (Å²) in [4.78, 5) is 34.4. The highest BCUT2D eigenvalue weighted by molar-refractivity contribution is 9.10. The van der Waals surface area contributed by atoms with Crippen molar-refractivity contribution in [2.75, 3.05) is 13.7 Å². The van der Waals surface area contributed by atoms with Crippen LogP contribution in [0.4, 0.5) is 0 Å². The number of esters is 1. The summed E-state index contributed by atoms with van der Waals surface area (Å²) in [6, 6.07) is 47.0. The third-order valence-corrected chi connectivity index (χ3v) is 10.8. The third kappa shape index (κ3) is 6.57. The molecule has 54 heavy (non-hydrogen) atoms. The smallest absolute Gasteiger partial charge is 0.338 e. The number of carbonyl (C=O) groups is 1. The largest absolute Gasteiger partial charge is 0.497 e. The van der Waals surface area contributed by atoms with Crippen LogP contribution in [0, 0.1) is 0 Å². The van der Waals surface area contributed by atoms with Crippen LogP contribution in [0.15, 0.2) is 165 Å². The van der Waals surface area contributed by atoms with E-state index in [1.807, 2.05) is 109 Å². The monoisotopic (exact) mass is 791 g/mol. The SMILES string of the molecule is CCOC(=O)C1=C(c2ccccc2)N=c2s/c(=C\c3cc(-c4ccccc4)n(-c4ccc(Br)cc4)c3-c3ccccc3)c(=O)n2[C@@H]1c1cccc(OC)c1. The van der Waals surface area contributed by atoms with E-state index in [-0.39, 0.29) is 17.7 Å². The van der Waals surface area contributed by atoms with Gasteiger partial charge in [0.15, 0.2) is 4.80 Å². The highest BCUT2D eigenvalue weighted by Crippen LogP contribution is 2.38. The molecular weight excluding hydrogens is 758 g/mol. The van der Waals surface area contributed by atoms with Gasteiger partial charge >= 0.3 is 5.97 Å². The summed E-state index contributed by atoms with van der Waals surface area (Å²) < 4.78 is 16.6. The van der Waals surface area contributed by atoms with E-state index in [1.54, 1.807) is 18.6 Å². The van der Waals surface area contributed by atoms with E-state index in [2.05, 4.69) is 63.0 Å². The number of thiazole rings is 1. The maximum absolute atomic E-state index is 14.9. The second-order valence-corrected chi connectivity index (χ2v) is 14.5. The molecule has 0 bridgehead atoms. The quantitative estimate of drug-likeness (QED) is 0.137. The predicted molar refractivity (Wildman–Crippen MR) is 218 cm³/mol. The van der Waals surface area contributed by atoms with Crippen LogP contribution in [0.25, 0.3) is 40.0 Å². The van der Waals surface area contributed by atoms with Gasteiger partial charge in [0.05, 0.1) is 46.9 Å². The van der Waals surface area contributed by atoms with Crippen LogP contribution in [0.5, 0.6) is 5.75 Å². The van der Waals surface area contributed by atoms with Crippen molar-refractivity contribution >= 4 is 45.0 Å². The van der Waals surface area contributed by atoms with Gasteiger partial charge in [-0.05, 0) is 72.2 Å². The predicted octanol–water partition coefficient (Wildman–Crippen LogP) is 8.83. The normalized spacial score (nSPS) is 14.1. The number of rotatable bonds is 9. The highest BCUT2D eigenvalue weighted by atomic mass is 79.9. The van der Waals surface area contributed by atoms with Gasteiger partial charge < -0.3 is 14.0 Å². The Balaban J connectivity index is 1.43. The number of halogens is 1. The minimum atomic E-state index is -0.825. The molecule has 0 radical (unpaired) electrons. The number of methoxy groups -OCH3 is 1. The van der Waals surface area contributed by atoms with Gasteiger partial charge in [-0.2, -0.15) is 0 Å². The van der Waals surface area contributed by atoms with Crippen LogP contribution in [-0.4, -0.2) is 28.8 Å². The first kappa shape index (κ1) is 35.0. The molecule has 9 heteroatoms. The summed E-state index contributed by atoms with van der Waals surface area (Å²) >= 11 is 4.90. The molecule has 0 aliphatic carbocycles. The molecule has 0 unspecified atom stereocenters. The fraction of sp³-hybridized carbons (Fsp3) is 0.0889. The van der Waals surface area contributed by atoms with Crippen LogP contribution >= 0.6 is 27.3 Å². The van der Waals surface area contributed by atoms with E-state index in [9.17, 15) is 9.59 Å². The Labute approximate surface area is 324 Å². The molecule has 1 aliphatic rings. The summed E-state index contributed by atoms with van der Waals surface area (Å²) in [6.07, 6.45) is 1.95. The second kappa shape index (κ2) is 15.1. The summed E-state index contributed by atoms with van der Waals surface area (Å²) in [6.45, 7) is 1.94. The van der Waals surface area contributed by atoms with Crippen molar-refractivity contribution in [3.63, 3.8) is 0 Å². The van der Waals surface area contributed by atoms with Gasteiger partial charge in [0.2, 0.25) is 0 Å². The topological polar surface area (TPSA) is 74.8 Å². The number of hydrogen-bond donors (Lipinski definition) is 0. The lowest BCUT2D eigenvalue weighted by Gasteiger charge is -2.26. The molecule has 8 rings (SSSR count). The summed E-state index contributed by atoms with van der Waals surface area (Å²) in [7, 11) is 1.59. The number of hydrogen-bond acceptors (Lipinski definition) is 6. The van der Waals surface area contributed by atoms with E-state index in [4.69, 9.17) is 14.5 Å². The van der Waals surface area contributed by atoms with Gasteiger partial charge in [0, 0.05) is 21.3 Å². The Morgan fingerprint density at radius 2 is 1.46 bits per heavy atom. The molecule has 0 spiro atoms. The molecule has 1 atom stereocenters. The lowest BCUT2D eigenvalue weighted by molar-refractivity contribution is -0.138. The first-order chi connectivity index (χ1) is 26.4.